The summed E-state index contributed by atoms with van der Waals surface area (Å²) >= 11 is 3.76. The summed E-state index contributed by atoms with van der Waals surface area (Å²) in [6.07, 6.45) is 0. The molecule has 1 heteroatoms. The molecule has 0 atom stereocenters. The van der Waals surface area contributed by atoms with Crippen LogP contribution in [0.1, 0.15) is 0 Å². The van der Waals surface area contributed by atoms with Crippen LogP contribution in [0.2, 0.25) is 0 Å². The van der Waals surface area contributed by atoms with Crippen molar-refractivity contribution in [2.24, 2.45) is 0 Å². The van der Waals surface area contributed by atoms with E-state index in [2.05, 4.69) is 94.8 Å². The summed E-state index contributed by atoms with van der Waals surface area (Å²) in [6, 6.07) is 28.8. The van der Waals surface area contributed by atoms with Crippen LogP contribution in [0.5, 0.6) is 0 Å². The van der Waals surface area contributed by atoms with Crippen LogP contribution < -0.4 is 0 Å². The van der Waals surface area contributed by atoms with Gasteiger partial charge in [0.05, 0.1) is 0 Å². The maximum absolute atomic E-state index is 3.76. The first kappa shape index (κ1) is 13.6. The molecule has 116 valence electrons. The summed E-state index contributed by atoms with van der Waals surface area (Å²) in [7, 11) is 0. The molecule has 25 heavy (non-hydrogen) atoms. The highest BCUT2D eigenvalue weighted by molar-refractivity contribution is 9.10. The Labute approximate surface area is 153 Å². The minimum absolute atomic E-state index is 1.16. The number of benzene rings is 6. The van der Waals surface area contributed by atoms with Crippen LogP contribution in [-0.2, 0) is 0 Å². The summed E-state index contributed by atoms with van der Waals surface area (Å²) in [5.41, 5.74) is 0. The van der Waals surface area contributed by atoms with Crippen molar-refractivity contribution < 1.29 is 0 Å². The lowest BCUT2D eigenvalue weighted by atomic mass is 9.87. The zero-order valence-corrected chi connectivity index (χ0v) is 15.0. The predicted molar refractivity (Wildman–Crippen MR) is 113 cm³/mol. The van der Waals surface area contributed by atoms with Gasteiger partial charge in [0.1, 0.15) is 0 Å². The first-order chi connectivity index (χ1) is 12.3. The van der Waals surface area contributed by atoms with Gasteiger partial charge in [-0.1, -0.05) is 82.7 Å². The smallest absolute Gasteiger partial charge is 0.0254 e. The Morgan fingerprint density at radius 3 is 1.84 bits per heavy atom. The van der Waals surface area contributed by atoms with Crippen LogP contribution in [0, 0.1) is 0 Å². The Kier molecular flexibility index (Phi) is 2.57. The van der Waals surface area contributed by atoms with Crippen LogP contribution in [0.15, 0.2) is 83.3 Å². The summed E-state index contributed by atoms with van der Waals surface area (Å²) in [5.74, 6) is 0. The zero-order chi connectivity index (χ0) is 16.5. The van der Waals surface area contributed by atoms with Crippen molar-refractivity contribution >= 4 is 69.8 Å². The van der Waals surface area contributed by atoms with Gasteiger partial charge < -0.3 is 0 Å². The molecular weight excluding hydrogens is 368 g/mol. The lowest BCUT2D eigenvalue weighted by Crippen LogP contribution is -1.89. The molecule has 0 nitrogen and oxygen atoms in total. The van der Waals surface area contributed by atoms with E-state index in [4.69, 9.17) is 0 Å². The molecule has 0 unspecified atom stereocenters. The summed E-state index contributed by atoms with van der Waals surface area (Å²) in [4.78, 5) is 0. The molecule has 0 saturated heterocycles. The molecule has 0 aliphatic rings. The van der Waals surface area contributed by atoms with Gasteiger partial charge >= 0.3 is 0 Å². The Morgan fingerprint density at radius 2 is 1.00 bits per heavy atom. The van der Waals surface area contributed by atoms with E-state index in [-0.39, 0.29) is 0 Å². The standard InChI is InChI=1S/C24H13Br/c25-22-12-11-19-16-7-3-4-8-17(16)21-13-14-5-1-2-6-15(14)18-9-10-20(22)23(19)24(18)21/h1-13H. The Hall–Kier alpha value is -2.64. The van der Waals surface area contributed by atoms with E-state index in [0.29, 0.717) is 0 Å². The van der Waals surface area contributed by atoms with E-state index in [0.717, 1.165) is 4.47 Å². The molecular formula is C24H13Br. The SMILES string of the molecule is Brc1ccc2c3ccccc3c3cc4ccccc4c4ccc1c2c43. The van der Waals surface area contributed by atoms with Gasteiger partial charge in [-0.05, 0) is 66.0 Å². The fraction of sp³-hybridized carbons (Fsp3) is 0. The lowest BCUT2D eigenvalue weighted by Gasteiger charge is -2.17. The molecule has 0 aliphatic heterocycles. The molecule has 0 bridgehead atoms. The van der Waals surface area contributed by atoms with Crippen molar-refractivity contribution in [3.05, 3.63) is 83.3 Å². The van der Waals surface area contributed by atoms with E-state index in [9.17, 15) is 0 Å². The van der Waals surface area contributed by atoms with Gasteiger partial charge in [-0.3, -0.25) is 0 Å². The van der Waals surface area contributed by atoms with Gasteiger partial charge in [0.15, 0.2) is 0 Å². The van der Waals surface area contributed by atoms with E-state index >= 15 is 0 Å². The minimum atomic E-state index is 1.16. The molecule has 0 amide bonds. The second kappa shape index (κ2) is 4.71. The third kappa shape index (κ3) is 1.66. The van der Waals surface area contributed by atoms with Crippen molar-refractivity contribution in [3.8, 4) is 0 Å². The summed E-state index contributed by atoms with van der Waals surface area (Å²) in [6.45, 7) is 0. The molecule has 0 N–H and O–H groups in total. The first-order valence-electron chi connectivity index (χ1n) is 8.49. The monoisotopic (exact) mass is 380 g/mol. The van der Waals surface area contributed by atoms with E-state index < -0.39 is 0 Å². The normalized spacial score (nSPS) is 12.2. The summed E-state index contributed by atoms with van der Waals surface area (Å²) in [5, 5.41) is 13.4. The average Bonchev–Trinajstić information content (AvgIpc) is 2.67. The number of hydrogen-bond acceptors (Lipinski definition) is 0. The molecule has 0 spiro atoms. The molecule has 0 heterocycles. The summed E-state index contributed by atoms with van der Waals surface area (Å²) < 4.78 is 1.16. The third-order valence-corrected chi connectivity index (χ3v) is 6.15. The maximum Gasteiger partial charge on any atom is 0.0254 e. The Balaban J connectivity index is 2.11. The molecule has 0 aromatic heterocycles. The third-order valence-electron chi connectivity index (χ3n) is 5.46. The van der Waals surface area contributed by atoms with E-state index in [1.54, 1.807) is 0 Å². The van der Waals surface area contributed by atoms with Crippen molar-refractivity contribution in [2.75, 3.05) is 0 Å². The molecule has 0 fully saturated rings. The fourth-order valence-corrected chi connectivity index (χ4v) is 4.86. The number of hydrogen-bond donors (Lipinski definition) is 0. The second-order valence-electron chi connectivity index (χ2n) is 6.70. The second-order valence-corrected chi connectivity index (χ2v) is 7.55. The van der Waals surface area contributed by atoms with Gasteiger partial charge in [0.25, 0.3) is 0 Å². The quantitative estimate of drug-likeness (QED) is 0.187. The van der Waals surface area contributed by atoms with Gasteiger partial charge in [0, 0.05) is 4.47 Å². The molecule has 0 aliphatic carbocycles. The minimum Gasteiger partial charge on any atom is -0.0616 e. The van der Waals surface area contributed by atoms with Gasteiger partial charge in [-0.15, -0.1) is 0 Å². The topological polar surface area (TPSA) is 0 Å². The zero-order valence-electron chi connectivity index (χ0n) is 13.4. The predicted octanol–water partition coefficient (Wildman–Crippen LogP) is 7.65. The number of fused-ring (bicyclic) bond motifs is 5. The highest BCUT2D eigenvalue weighted by Gasteiger charge is 2.16. The fourth-order valence-electron chi connectivity index (χ4n) is 4.40. The van der Waals surface area contributed by atoms with Gasteiger partial charge in [-0.2, -0.15) is 0 Å². The Morgan fingerprint density at radius 1 is 0.440 bits per heavy atom. The Bertz CT molecular complexity index is 1440. The van der Waals surface area contributed by atoms with Crippen molar-refractivity contribution in [2.45, 2.75) is 0 Å². The largest absolute Gasteiger partial charge is 0.0616 e. The maximum atomic E-state index is 3.76. The number of rotatable bonds is 0. The molecule has 6 aromatic rings. The highest BCUT2D eigenvalue weighted by Crippen LogP contribution is 2.44. The van der Waals surface area contributed by atoms with E-state index in [1.807, 2.05) is 0 Å². The lowest BCUT2D eigenvalue weighted by molar-refractivity contribution is 1.76. The van der Waals surface area contributed by atoms with Gasteiger partial charge in [-0.25, -0.2) is 0 Å². The average molecular weight is 381 g/mol. The van der Waals surface area contributed by atoms with Crippen LogP contribution >= 0.6 is 15.9 Å². The van der Waals surface area contributed by atoms with Crippen molar-refractivity contribution in [1.82, 2.24) is 0 Å². The van der Waals surface area contributed by atoms with Crippen LogP contribution in [-0.4, -0.2) is 0 Å². The molecule has 0 radical (unpaired) electrons. The molecule has 6 aromatic carbocycles. The molecule has 6 rings (SSSR count). The highest BCUT2D eigenvalue weighted by atomic mass is 79.9. The molecule has 0 saturated carbocycles. The van der Waals surface area contributed by atoms with Crippen LogP contribution in [0.3, 0.4) is 0 Å². The first-order valence-corrected chi connectivity index (χ1v) is 9.29. The van der Waals surface area contributed by atoms with Crippen molar-refractivity contribution in [3.63, 3.8) is 0 Å². The van der Waals surface area contributed by atoms with Crippen molar-refractivity contribution in [1.29, 1.82) is 0 Å². The van der Waals surface area contributed by atoms with Crippen LogP contribution in [0.25, 0.3) is 53.9 Å². The van der Waals surface area contributed by atoms with Crippen LogP contribution in [0.4, 0.5) is 0 Å². The number of halogens is 1. The van der Waals surface area contributed by atoms with Gasteiger partial charge in [0.2, 0.25) is 0 Å². The van der Waals surface area contributed by atoms with E-state index in [1.165, 1.54) is 53.9 Å².